The average molecular weight is 529 g/mol. The van der Waals surface area contributed by atoms with Crippen LogP contribution in [0.3, 0.4) is 0 Å². The third-order valence-electron chi connectivity index (χ3n) is 5.21. The number of nitrogens with two attached hydrogens (primary N) is 1. The fraction of sp³-hybridized carbons (Fsp3) is 0.167. The van der Waals surface area contributed by atoms with Gasteiger partial charge in [-0.2, -0.15) is 13.2 Å². The zero-order valence-corrected chi connectivity index (χ0v) is 19.7. The van der Waals surface area contributed by atoms with Gasteiger partial charge < -0.3 is 21.3 Å². The molecular formula is C24H21Cl2F3N2O4. The summed E-state index contributed by atoms with van der Waals surface area (Å²) in [5.74, 6) is -3.41. The lowest BCUT2D eigenvalue weighted by Crippen LogP contribution is -2.50. The predicted octanol–water partition coefficient (Wildman–Crippen LogP) is 5.84. The first-order valence-corrected chi connectivity index (χ1v) is 10.7. The Hall–Kier alpha value is -3.27. The fourth-order valence-electron chi connectivity index (χ4n) is 3.36. The van der Waals surface area contributed by atoms with Crippen molar-refractivity contribution < 1.29 is 33.0 Å². The van der Waals surface area contributed by atoms with E-state index in [-0.39, 0.29) is 26.7 Å². The lowest BCUT2D eigenvalue weighted by Gasteiger charge is -2.37. The van der Waals surface area contributed by atoms with Gasteiger partial charge in [-0.1, -0.05) is 42.8 Å². The molecule has 0 spiro atoms. The second-order valence-corrected chi connectivity index (χ2v) is 8.36. The van der Waals surface area contributed by atoms with E-state index in [0.717, 1.165) is 31.3 Å². The van der Waals surface area contributed by atoms with Gasteiger partial charge in [0.1, 0.15) is 0 Å². The van der Waals surface area contributed by atoms with Crippen molar-refractivity contribution in [1.82, 2.24) is 0 Å². The highest BCUT2D eigenvalue weighted by molar-refractivity contribution is 6.32. The Labute approximate surface area is 209 Å². The smallest absolute Gasteiger partial charge is 0.422 e. The molecule has 0 saturated heterocycles. The average Bonchev–Trinajstić information content (AvgIpc) is 2.77. The minimum absolute atomic E-state index is 0.0237. The van der Waals surface area contributed by atoms with E-state index >= 15 is 0 Å². The van der Waals surface area contributed by atoms with Crippen molar-refractivity contribution in [2.45, 2.75) is 24.6 Å². The quantitative estimate of drug-likeness (QED) is 0.321. The van der Waals surface area contributed by atoms with Crippen LogP contribution in [-0.4, -0.2) is 33.9 Å². The van der Waals surface area contributed by atoms with E-state index < -0.39 is 35.1 Å². The minimum Gasteiger partial charge on any atom is -0.478 e. The van der Waals surface area contributed by atoms with Gasteiger partial charge in [0.05, 0.1) is 5.56 Å². The number of amides is 1. The van der Waals surface area contributed by atoms with Gasteiger partial charge in [-0.3, -0.25) is 4.79 Å². The van der Waals surface area contributed by atoms with E-state index in [0.29, 0.717) is 5.69 Å². The number of aliphatic hydroxyl groups is 1. The van der Waals surface area contributed by atoms with Gasteiger partial charge >= 0.3 is 12.1 Å². The van der Waals surface area contributed by atoms with Crippen LogP contribution in [0.2, 0.25) is 5.02 Å². The van der Waals surface area contributed by atoms with Gasteiger partial charge in [-0.05, 0) is 65.9 Å². The molecule has 0 heterocycles. The first-order valence-electron chi connectivity index (χ1n) is 9.90. The molecule has 0 aliphatic heterocycles. The SMILES string of the molecule is C=C(Cl)/C=C(\C=C/N)[C@](O)([C@H](C)c1ccc(C(=O)Nc2ccc(C(=O)O)cc2)cc1Cl)C(F)(F)F. The molecule has 0 aliphatic carbocycles. The summed E-state index contributed by atoms with van der Waals surface area (Å²) in [6, 6.07) is 8.96. The number of anilines is 1. The molecule has 2 rings (SSSR count). The van der Waals surface area contributed by atoms with Crippen molar-refractivity contribution in [2.24, 2.45) is 5.73 Å². The number of rotatable bonds is 8. The molecule has 11 heteroatoms. The number of nitrogens with one attached hydrogen (secondary N) is 1. The molecule has 35 heavy (non-hydrogen) atoms. The molecule has 0 bridgehead atoms. The van der Waals surface area contributed by atoms with E-state index in [1.807, 2.05) is 0 Å². The number of carbonyl (C=O) groups is 2. The first-order chi connectivity index (χ1) is 16.2. The first kappa shape index (κ1) is 28.0. The van der Waals surface area contributed by atoms with Crippen LogP contribution in [0.25, 0.3) is 0 Å². The van der Waals surface area contributed by atoms with Gasteiger partial charge in [-0.15, -0.1) is 0 Å². The van der Waals surface area contributed by atoms with Crippen molar-refractivity contribution in [3.05, 3.63) is 99.7 Å². The number of carboxylic acid groups (broad SMARTS) is 1. The van der Waals surface area contributed by atoms with Crippen LogP contribution >= 0.6 is 23.2 Å². The van der Waals surface area contributed by atoms with Gasteiger partial charge in [0.2, 0.25) is 0 Å². The lowest BCUT2D eigenvalue weighted by atomic mass is 9.77. The van der Waals surface area contributed by atoms with Crippen molar-refractivity contribution >= 4 is 40.8 Å². The van der Waals surface area contributed by atoms with Crippen LogP contribution in [0, 0.1) is 0 Å². The number of benzene rings is 2. The van der Waals surface area contributed by atoms with Gasteiger partial charge in [0.15, 0.2) is 5.60 Å². The Kier molecular flexibility index (Phi) is 8.78. The molecule has 0 saturated carbocycles. The van der Waals surface area contributed by atoms with Crippen molar-refractivity contribution in [1.29, 1.82) is 0 Å². The second kappa shape index (κ2) is 11.0. The number of aromatic carboxylic acids is 1. The molecule has 2 atom stereocenters. The Morgan fingerprint density at radius 2 is 1.71 bits per heavy atom. The number of carboxylic acids is 1. The third-order valence-corrected chi connectivity index (χ3v) is 5.64. The molecule has 186 valence electrons. The molecule has 0 radical (unpaired) electrons. The van der Waals surface area contributed by atoms with E-state index in [2.05, 4.69) is 11.9 Å². The number of alkyl halides is 3. The van der Waals surface area contributed by atoms with Gasteiger partial charge in [-0.25, -0.2) is 4.79 Å². The monoisotopic (exact) mass is 528 g/mol. The molecule has 0 aliphatic rings. The summed E-state index contributed by atoms with van der Waals surface area (Å²) in [6.07, 6.45) is -2.62. The second-order valence-electron chi connectivity index (χ2n) is 7.46. The topological polar surface area (TPSA) is 113 Å². The van der Waals surface area contributed by atoms with Crippen LogP contribution in [0.4, 0.5) is 18.9 Å². The molecule has 5 N–H and O–H groups in total. The number of hydrogen-bond acceptors (Lipinski definition) is 4. The van der Waals surface area contributed by atoms with Gasteiger partial charge in [0, 0.05) is 27.2 Å². The van der Waals surface area contributed by atoms with Crippen molar-refractivity contribution in [3.8, 4) is 0 Å². The molecule has 0 aromatic heterocycles. The Morgan fingerprint density at radius 1 is 1.14 bits per heavy atom. The zero-order chi connectivity index (χ0) is 26.6. The van der Waals surface area contributed by atoms with Crippen LogP contribution in [0.5, 0.6) is 0 Å². The summed E-state index contributed by atoms with van der Waals surface area (Å²) in [5.41, 5.74) is 1.44. The highest BCUT2D eigenvalue weighted by Crippen LogP contribution is 2.48. The maximum Gasteiger partial charge on any atom is 0.422 e. The lowest BCUT2D eigenvalue weighted by molar-refractivity contribution is -0.250. The van der Waals surface area contributed by atoms with Crippen LogP contribution in [0.15, 0.2) is 78.0 Å². The zero-order valence-electron chi connectivity index (χ0n) is 18.2. The molecule has 0 unspecified atom stereocenters. The molecule has 6 nitrogen and oxygen atoms in total. The van der Waals surface area contributed by atoms with E-state index in [1.54, 1.807) is 0 Å². The van der Waals surface area contributed by atoms with Crippen LogP contribution < -0.4 is 11.1 Å². The molecule has 1 amide bonds. The third kappa shape index (κ3) is 6.25. The Balaban J connectivity index is 2.42. The van der Waals surface area contributed by atoms with E-state index in [9.17, 15) is 27.9 Å². The molecule has 0 fully saturated rings. The molecule has 2 aromatic rings. The summed E-state index contributed by atoms with van der Waals surface area (Å²) in [5, 5.41) is 21.9. The number of halogens is 5. The number of allylic oxidation sites excluding steroid dienone is 2. The highest BCUT2D eigenvalue weighted by atomic mass is 35.5. The normalized spacial score (nSPS) is 14.9. The summed E-state index contributed by atoms with van der Waals surface area (Å²) in [7, 11) is 0. The Bertz CT molecular complexity index is 1190. The van der Waals surface area contributed by atoms with E-state index in [1.165, 1.54) is 36.4 Å². The van der Waals surface area contributed by atoms with E-state index in [4.69, 9.17) is 34.0 Å². The van der Waals surface area contributed by atoms with Crippen LogP contribution in [0.1, 0.15) is 39.1 Å². The standard InChI is InChI=1S/C24H21Cl2F3N2O4/c1-13(25)11-17(9-10-30)23(35,24(27,28)29)14(2)19-8-5-16(12-20(19)26)21(32)31-18-6-3-15(4-7-18)22(33)34/h3-12,14,35H,1,30H2,2H3,(H,31,32)(H,33,34)/b10-9-,17-11+/t14-,23-/m1/s1. The maximum absolute atomic E-state index is 14.1. The van der Waals surface area contributed by atoms with Crippen molar-refractivity contribution in [3.63, 3.8) is 0 Å². The summed E-state index contributed by atoms with van der Waals surface area (Å²) in [4.78, 5) is 23.5. The van der Waals surface area contributed by atoms with Crippen molar-refractivity contribution in [2.75, 3.05) is 5.32 Å². The Morgan fingerprint density at radius 3 is 2.17 bits per heavy atom. The summed E-state index contributed by atoms with van der Waals surface area (Å²) in [6.45, 7) is 4.46. The largest absolute Gasteiger partial charge is 0.478 e. The van der Waals surface area contributed by atoms with Gasteiger partial charge in [0.25, 0.3) is 5.91 Å². The maximum atomic E-state index is 14.1. The van der Waals surface area contributed by atoms with Crippen LogP contribution in [-0.2, 0) is 0 Å². The fourth-order valence-corrected chi connectivity index (χ4v) is 3.82. The number of carbonyl (C=O) groups excluding carboxylic acids is 1. The predicted molar refractivity (Wildman–Crippen MR) is 129 cm³/mol. The summed E-state index contributed by atoms with van der Waals surface area (Å²) >= 11 is 11.9. The number of hydrogen-bond donors (Lipinski definition) is 4. The molecular weight excluding hydrogens is 508 g/mol. The highest BCUT2D eigenvalue weighted by Gasteiger charge is 2.59. The summed E-state index contributed by atoms with van der Waals surface area (Å²) < 4.78 is 42.4. The minimum atomic E-state index is -5.16. The molecule has 2 aromatic carbocycles.